The van der Waals surface area contributed by atoms with Gasteiger partial charge in [-0.2, -0.15) is 4.68 Å². The third kappa shape index (κ3) is 3.15. The van der Waals surface area contributed by atoms with Crippen molar-refractivity contribution < 1.29 is 14.0 Å². The largest absolute Gasteiger partial charge is 0.437 e. The van der Waals surface area contributed by atoms with Gasteiger partial charge in [0, 0.05) is 18.7 Å². The molecule has 0 aliphatic carbocycles. The zero-order valence-corrected chi connectivity index (χ0v) is 12.3. The van der Waals surface area contributed by atoms with E-state index in [1.807, 2.05) is 6.07 Å². The molecule has 2 aromatic rings. The highest BCUT2D eigenvalue weighted by Gasteiger charge is 2.30. The van der Waals surface area contributed by atoms with E-state index in [1.54, 1.807) is 24.3 Å². The molecule has 1 aromatic heterocycles. The van der Waals surface area contributed by atoms with E-state index >= 15 is 0 Å². The van der Waals surface area contributed by atoms with Crippen LogP contribution in [0, 0.1) is 5.92 Å². The van der Waals surface area contributed by atoms with Crippen LogP contribution in [0.15, 0.2) is 39.5 Å². The van der Waals surface area contributed by atoms with Crippen molar-refractivity contribution in [1.82, 2.24) is 14.7 Å². The zero-order chi connectivity index (χ0) is 16.4. The van der Waals surface area contributed by atoms with Crippen LogP contribution in [-0.2, 0) is 16.1 Å². The van der Waals surface area contributed by atoms with Crippen molar-refractivity contribution in [2.24, 2.45) is 11.7 Å². The molecule has 1 aliphatic rings. The van der Waals surface area contributed by atoms with E-state index in [-0.39, 0.29) is 30.8 Å². The van der Waals surface area contributed by atoms with Crippen LogP contribution >= 0.6 is 0 Å². The van der Waals surface area contributed by atoms with Gasteiger partial charge in [0.05, 0.1) is 5.92 Å². The summed E-state index contributed by atoms with van der Waals surface area (Å²) in [5, 5.41) is 4.04. The van der Waals surface area contributed by atoms with Gasteiger partial charge in [-0.3, -0.25) is 9.59 Å². The van der Waals surface area contributed by atoms with E-state index in [0.717, 1.165) is 4.68 Å². The van der Waals surface area contributed by atoms with Gasteiger partial charge in [-0.05, 0) is 18.6 Å². The van der Waals surface area contributed by atoms with E-state index in [0.29, 0.717) is 18.5 Å². The Hall–Kier alpha value is -2.90. The minimum Gasteiger partial charge on any atom is -0.388 e. The van der Waals surface area contributed by atoms with Gasteiger partial charge in [0.2, 0.25) is 17.7 Å². The maximum Gasteiger partial charge on any atom is 0.437 e. The van der Waals surface area contributed by atoms with Crippen LogP contribution in [0.1, 0.15) is 6.42 Å². The van der Waals surface area contributed by atoms with Gasteiger partial charge >= 0.3 is 5.76 Å². The third-order valence-electron chi connectivity index (χ3n) is 3.86. The Morgan fingerprint density at radius 3 is 2.70 bits per heavy atom. The summed E-state index contributed by atoms with van der Waals surface area (Å²) in [7, 11) is 0. The van der Waals surface area contributed by atoms with E-state index in [1.165, 1.54) is 4.90 Å². The number of aromatic nitrogens is 2. The summed E-state index contributed by atoms with van der Waals surface area (Å²) in [6, 6.07) is 8.96. The van der Waals surface area contributed by atoms with Crippen LogP contribution in [0.25, 0.3) is 11.5 Å². The fraction of sp³-hybridized carbons (Fsp3) is 0.333. The van der Waals surface area contributed by atoms with Crippen LogP contribution in [0.2, 0.25) is 0 Å². The lowest BCUT2D eigenvalue weighted by atomic mass is 10.1. The Kier molecular flexibility index (Phi) is 3.96. The molecular weight excluding hydrogens is 300 g/mol. The van der Waals surface area contributed by atoms with Gasteiger partial charge < -0.3 is 15.1 Å². The lowest BCUT2D eigenvalue weighted by Crippen LogP contribution is -2.36. The number of likely N-dealkylation sites (tertiary alicyclic amines) is 1. The van der Waals surface area contributed by atoms with E-state index in [2.05, 4.69) is 5.10 Å². The van der Waals surface area contributed by atoms with Crippen LogP contribution < -0.4 is 11.5 Å². The highest BCUT2D eigenvalue weighted by atomic mass is 16.4. The topological polar surface area (TPSA) is 111 Å². The molecule has 0 saturated carbocycles. The number of nitrogens with zero attached hydrogens (tertiary/aromatic N) is 3. The van der Waals surface area contributed by atoms with Gasteiger partial charge in [-0.15, -0.1) is 5.10 Å². The number of nitrogens with two attached hydrogens (primary N) is 1. The minimum absolute atomic E-state index is 0.167. The molecule has 0 unspecified atom stereocenters. The normalized spacial score (nSPS) is 17.4. The summed E-state index contributed by atoms with van der Waals surface area (Å²) < 4.78 is 6.06. The van der Waals surface area contributed by atoms with E-state index in [4.69, 9.17) is 10.2 Å². The van der Waals surface area contributed by atoms with Gasteiger partial charge in [-0.1, -0.05) is 18.2 Å². The first-order valence-corrected chi connectivity index (χ1v) is 7.25. The molecule has 0 spiro atoms. The zero-order valence-electron chi connectivity index (χ0n) is 12.3. The summed E-state index contributed by atoms with van der Waals surface area (Å²) in [5.74, 6) is -1.55. The smallest absolute Gasteiger partial charge is 0.388 e. The second-order valence-corrected chi connectivity index (χ2v) is 5.42. The van der Waals surface area contributed by atoms with Crippen molar-refractivity contribution in [1.29, 1.82) is 0 Å². The fourth-order valence-corrected chi connectivity index (χ4v) is 2.55. The Labute approximate surface area is 131 Å². The Morgan fingerprint density at radius 1 is 1.30 bits per heavy atom. The maximum absolute atomic E-state index is 12.2. The van der Waals surface area contributed by atoms with Gasteiger partial charge in [-0.25, -0.2) is 4.79 Å². The first-order valence-electron chi connectivity index (χ1n) is 7.25. The minimum atomic E-state index is -0.692. The van der Waals surface area contributed by atoms with E-state index in [9.17, 15) is 14.4 Å². The van der Waals surface area contributed by atoms with Crippen molar-refractivity contribution in [2.75, 3.05) is 13.1 Å². The van der Waals surface area contributed by atoms with Crippen molar-refractivity contribution in [2.45, 2.75) is 13.0 Å². The lowest BCUT2D eigenvalue weighted by Gasteiger charge is -2.15. The predicted octanol–water partition coefficient (Wildman–Crippen LogP) is -0.163. The molecule has 8 nitrogen and oxygen atoms in total. The number of benzene rings is 1. The molecule has 1 atom stereocenters. The van der Waals surface area contributed by atoms with Crippen LogP contribution in [0.3, 0.4) is 0 Å². The maximum atomic E-state index is 12.2. The third-order valence-corrected chi connectivity index (χ3v) is 3.86. The molecule has 120 valence electrons. The van der Waals surface area contributed by atoms with Gasteiger partial charge in [0.25, 0.3) is 0 Å². The van der Waals surface area contributed by atoms with Crippen molar-refractivity contribution in [3.05, 3.63) is 40.9 Å². The number of hydrogen-bond acceptors (Lipinski definition) is 5. The Morgan fingerprint density at radius 2 is 2.04 bits per heavy atom. The quantitative estimate of drug-likeness (QED) is 0.842. The summed E-state index contributed by atoms with van der Waals surface area (Å²) in [5.41, 5.74) is 5.90. The first-order chi connectivity index (χ1) is 11.0. The number of carbonyl (C=O) groups excluding carboxylic acids is 2. The highest BCUT2D eigenvalue weighted by Crippen LogP contribution is 2.17. The van der Waals surface area contributed by atoms with Gasteiger partial charge in [0.15, 0.2) is 0 Å². The van der Waals surface area contributed by atoms with Gasteiger partial charge in [0.1, 0.15) is 6.54 Å². The molecule has 8 heteroatoms. The van der Waals surface area contributed by atoms with E-state index < -0.39 is 11.7 Å². The van der Waals surface area contributed by atoms with Crippen molar-refractivity contribution in [3.8, 4) is 11.5 Å². The molecule has 0 bridgehead atoms. The monoisotopic (exact) mass is 316 g/mol. The first kappa shape index (κ1) is 15.0. The molecule has 1 fully saturated rings. The summed E-state index contributed by atoms with van der Waals surface area (Å²) in [4.78, 5) is 36.7. The average molecular weight is 316 g/mol. The SMILES string of the molecule is NC(=O)[C@H]1CCN(C(=O)Cn2nc(-c3ccccc3)oc2=O)C1. The number of carbonyl (C=O) groups is 2. The van der Waals surface area contributed by atoms with Crippen LogP contribution in [0.4, 0.5) is 0 Å². The molecule has 1 aromatic carbocycles. The molecule has 2 amide bonds. The number of hydrogen-bond donors (Lipinski definition) is 1. The predicted molar refractivity (Wildman–Crippen MR) is 80.1 cm³/mol. The molecule has 3 rings (SSSR count). The van der Waals surface area contributed by atoms with Crippen LogP contribution in [0.5, 0.6) is 0 Å². The summed E-state index contributed by atoms with van der Waals surface area (Å²) in [6.45, 7) is 0.511. The number of rotatable bonds is 4. The summed E-state index contributed by atoms with van der Waals surface area (Å²) in [6.07, 6.45) is 0.546. The second-order valence-electron chi connectivity index (χ2n) is 5.42. The highest BCUT2D eigenvalue weighted by molar-refractivity contribution is 5.80. The van der Waals surface area contributed by atoms with Crippen molar-refractivity contribution in [3.63, 3.8) is 0 Å². The fourth-order valence-electron chi connectivity index (χ4n) is 2.55. The molecule has 2 heterocycles. The Balaban J connectivity index is 1.71. The molecule has 1 aliphatic heterocycles. The lowest BCUT2D eigenvalue weighted by molar-refractivity contribution is -0.131. The molecule has 2 N–H and O–H groups in total. The molecule has 0 radical (unpaired) electrons. The number of amides is 2. The molecule has 1 saturated heterocycles. The summed E-state index contributed by atoms with van der Waals surface area (Å²) >= 11 is 0. The average Bonchev–Trinajstić information content (AvgIpc) is 3.16. The molecule has 23 heavy (non-hydrogen) atoms. The number of primary amides is 1. The molecular formula is C15H16N4O4. The standard InChI is InChI=1S/C15H16N4O4/c16-13(21)11-6-7-18(8-11)12(20)9-19-15(22)23-14(17-19)10-4-2-1-3-5-10/h1-5,11H,6-9H2,(H2,16,21)/t11-/m0/s1. The van der Waals surface area contributed by atoms with Crippen molar-refractivity contribution >= 4 is 11.8 Å². The Bertz CT molecular complexity index is 780. The van der Waals surface area contributed by atoms with Crippen LogP contribution in [-0.4, -0.2) is 39.6 Å². The second kappa shape index (κ2) is 6.07.